The first-order chi connectivity index (χ1) is 12.7. The number of hydrogen-bond donors (Lipinski definition) is 0. The van der Waals surface area contributed by atoms with Gasteiger partial charge < -0.3 is 19.3 Å². The molecular formula is C20H27N3O4. The highest BCUT2D eigenvalue weighted by molar-refractivity contribution is 5.92. The smallest absolute Gasteiger partial charge is 0.410 e. The van der Waals surface area contributed by atoms with Crippen LogP contribution in [0.3, 0.4) is 0 Å². The number of methoxy groups -OCH3 is 1. The number of nitriles is 1. The van der Waals surface area contributed by atoms with Crippen LogP contribution in [0.2, 0.25) is 0 Å². The quantitative estimate of drug-likeness (QED) is 0.757. The number of rotatable bonds is 3. The van der Waals surface area contributed by atoms with Crippen LogP contribution in [0.1, 0.15) is 49.5 Å². The SMILES string of the molecule is COC(=O)c1ccc(N2CCC(N(C)C(=O)OC(C)(C)C)CC2)cc1C#N. The molecule has 0 saturated carbocycles. The van der Waals surface area contributed by atoms with Gasteiger partial charge in [0.2, 0.25) is 0 Å². The number of nitrogens with zero attached hydrogens (tertiary/aromatic N) is 3. The van der Waals surface area contributed by atoms with E-state index in [1.54, 1.807) is 24.1 Å². The van der Waals surface area contributed by atoms with Crippen LogP contribution in [-0.4, -0.2) is 55.9 Å². The van der Waals surface area contributed by atoms with E-state index in [1.807, 2.05) is 26.8 Å². The molecule has 1 aliphatic heterocycles. The lowest BCUT2D eigenvalue weighted by Gasteiger charge is -2.38. The van der Waals surface area contributed by atoms with E-state index in [1.165, 1.54) is 7.11 Å². The van der Waals surface area contributed by atoms with Gasteiger partial charge in [-0.05, 0) is 51.8 Å². The molecule has 7 nitrogen and oxygen atoms in total. The highest BCUT2D eigenvalue weighted by Gasteiger charge is 2.29. The number of ether oxygens (including phenoxy) is 2. The van der Waals surface area contributed by atoms with Gasteiger partial charge in [-0.25, -0.2) is 9.59 Å². The van der Waals surface area contributed by atoms with Crippen LogP contribution in [0.15, 0.2) is 18.2 Å². The zero-order valence-corrected chi connectivity index (χ0v) is 16.6. The van der Waals surface area contributed by atoms with Gasteiger partial charge in [0.25, 0.3) is 0 Å². The Hall–Kier alpha value is -2.75. The Labute approximate surface area is 160 Å². The molecule has 1 saturated heterocycles. The summed E-state index contributed by atoms with van der Waals surface area (Å²) in [5, 5.41) is 9.32. The van der Waals surface area contributed by atoms with E-state index in [-0.39, 0.29) is 17.7 Å². The predicted molar refractivity (Wildman–Crippen MR) is 102 cm³/mol. The minimum atomic E-state index is -0.518. The Kier molecular flexibility index (Phi) is 6.32. The second-order valence-electron chi connectivity index (χ2n) is 7.64. The Morgan fingerprint density at radius 3 is 2.41 bits per heavy atom. The molecule has 27 heavy (non-hydrogen) atoms. The Morgan fingerprint density at radius 2 is 1.89 bits per heavy atom. The van der Waals surface area contributed by atoms with Gasteiger partial charge in [0.1, 0.15) is 11.7 Å². The van der Waals surface area contributed by atoms with E-state index in [0.29, 0.717) is 5.56 Å². The third kappa shape index (κ3) is 5.13. The molecule has 1 aromatic rings. The molecular weight excluding hydrogens is 346 g/mol. The minimum absolute atomic E-state index is 0.112. The number of carbonyl (C=O) groups is 2. The van der Waals surface area contributed by atoms with Crippen molar-refractivity contribution in [3.8, 4) is 6.07 Å². The van der Waals surface area contributed by atoms with Crippen molar-refractivity contribution in [2.24, 2.45) is 0 Å². The van der Waals surface area contributed by atoms with Crippen molar-refractivity contribution in [3.63, 3.8) is 0 Å². The highest BCUT2D eigenvalue weighted by atomic mass is 16.6. The molecule has 0 aromatic heterocycles. The fourth-order valence-electron chi connectivity index (χ4n) is 3.10. The maximum absolute atomic E-state index is 12.2. The van der Waals surface area contributed by atoms with Gasteiger partial charge >= 0.3 is 12.1 Å². The number of benzene rings is 1. The molecule has 0 unspecified atom stereocenters. The van der Waals surface area contributed by atoms with Gasteiger partial charge in [0, 0.05) is 31.9 Å². The van der Waals surface area contributed by atoms with E-state index >= 15 is 0 Å². The van der Waals surface area contributed by atoms with Crippen LogP contribution >= 0.6 is 0 Å². The zero-order valence-electron chi connectivity index (χ0n) is 16.6. The number of amides is 1. The fraction of sp³-hybridized carbons (Fsp3) is 0.550. The normalized spacial score (nSPS) is 15.0. The first kappa shape index (κ1) is 20.6. The maximum Gasteiger partial charge on any atom is 0.410 e. The summed E-state index contributed by atoms with van der Waals surface area (Å²) in [4.78, 5) is 27.8. The summed E-state index contributed by atoms with van der Waals surface area (Å²) in [5.41, 5.74) is 0.939. The lowest BCUT2D eigenvalue weighted by molar-refractivity contribution is 0.0200. The van der Waals surface area contributed by atoms with Crippen LogP contribution in [-0.2, 0) is 9.47 Å². The van der Waals surface area contributed by atoms with Crippen molar-refractivity contribution in [2.45, 2.75) is 45.3 Å². The van der Waals surface area contributed by atoms with E-state index in [9.17, 15) is 14.9 Å². The summed E-state index contributed by atoms with van der Waals surface area (Å²) >= 11 is 0. The Morgan fingerprint density at radius 1 is 1.26 bits per heavy atom. The second-order valence-corrected chi connectivity index (χ2v) is 7.64. The van der Waals surface area contributed by atoms with Crippen molar-refractivity contribution < 1.29 is 19.1 Å². The molecule has 0 spiro atoms. The van der Waals surface area contributed by atoms with Gasteiger partial charge in [-0.15, -0.1) is 0 Å². The molecule has 1 amide bonds. The standard InChI is InChI=1S/C20H27N3O4/c1-20(2,3)27-19(25)22(4)15-8-10-23(11-9-15)16-6-7-17(18(24)26-5)14(12-16)13-21/h6-7,12,15H,8-11H2,1-5H3. The molecule has 0 bridgehead atoms. The molecule has 0 aliphatic carbocycles. The molecule has 0 radical (unpaired) electrons. The zero-order chi connectivity index (χ0) is 20.2. The minimum Gasteiger partial charge on any atom is -0.465 e. The lowest BCUT2D eigenvalue weighted by Crippen LogP contribution is -2.47. The van der Waals surface area contributed by atoms with Gasteiger partial charge in [-0.2, -0.15) is 5.26 Å². The summed E-state index contributed by atoms with van der Waals surface area (Å²) in [7, 11) is 3.07. The number of piperidine rings is 1. The first-order valence-electron chi connectivity index (χ1n) is 8.99. The number of anilines is 1. The largest absolute Gasteiger partial charge is 0.465 e. The van der Waals surface area contributed by atoms with E-state index in [4.69, 9.17) is 9.47 Å². The van der Waals surface area contributed by atoms with Crippen LogP contribution in [0.5, 0.6) is 0 Å². The van der Waals surface area contributed by atoms with Crippen molar-refractivity contribution in [1.29, 1.82) is 5.26 Å². The predicted octanol–water partition coefficient (Wildman–Crippen LogP) is 3.18. The molecule has 146 valence electrons. The van der Waals surface area contributed by atoms with Crippen LogP contribution < -0.4 is 4.90 Å². The summed E-state index contributed by atoms with van der Waals surface area (Å²) < 4.78 is 10.1. The van der Waals surface area contributed by atoms with Crippen LogP contribution in [0, 0.1) is 11.3 Å². The van der Waals surface area contributed by atoms with Crippen molar-refractivity contribution in [2.75, 3.05) is 32.1 Å². The van der Waals surface area contributed by atoms with Crippen molar-refractivity contribution in [3.05, 3.63) is 29.3 Å². The maximum atomic E-state index is 12.2. The monoisotopic (exact) mass is 373 g/mol. The lowest BCUT2D eigenvalue weighted by atomic mass is 10.0. The molecule has 1 aliphatic rings. The van der Waals surface area contributed by atoms with Gasteiger partial charge in [-0.3, -0.25) is 0 Å². The van der Waals surface area contributed by atoms with E-state index in [2.05, 4.69) is 11.0 Å². The van der Waals surface area contributed by atoms with Crippen LogP contribution in [0.25, 0.3) is 0 Å². The second kappa shape index (κ2) is 8.30. The third-order valence-corrected chi connectivity index (χ3v) is 4.59. The van der Waals surface area contributed by atoms with E-state index in [0.717, 1.165) is 31.6 Å². The number of carbonyl (C=O) groups excluding carboxylic acids is 2. The Balaban J connectivity index is 2.02. The molecule has 0 atom stereocenters. The third-order valence-electron chi connectivity index (χ3n) is 4.59. The highest BCUT2D eigenvalue weighted by Crippen LogP contribution is 2.25. The molecule has 2 rings (SSSR count). The van der Waals surface area contributed by atoms with E-state index < -0.39 is 11.6 Å². The summed E-state index contributed by atoms with van der Waals surface area (Å²) in [6, 6.07) is 7.33. The molecule has 7 heteroatoms. The molecule has 0 N–H and O–H groups in total. The summed E-state index contributed by atoms with van der Waals surface area (Å²) in [5.74, 6) is -0.518. The van der Waals surface area contributed by atoms with Crippen molar-refractivity contribution >= 4 is 17.7 Å². The number of esters is 1. The average molecular weight is 373 g/mol. The topological polar surface area (TPSA) is 82.9 Å². The first-order valence-corrected chi connectivity index (χ1v) is 8.99. The Bertz CT molecular complexity index is 741. The summed E-state index contributed by atoms with van der Waals surface area (Å²) in [6.45, 7) is 7.06. The van der Waals surface area contributed by atoms with Crippen LogP contribution in [0.4, 0.5) is 10.5 Å². The van der Waals surface area contributed by atoms with Gasteiger partial charge in [-0.1, -0.05) is 0 Å². The average Bonchev–Trinajstić information content (AvgIpc) is 2.65. The fourth-order valence-corrected chi connectivity index (χ4v) is 3.10. The molecule has 1 heterocycles. The number of hydrogen-bond acceptors (Lipinski definition) is 6. The molecule has 1 aromatic carbocycles. The van der Waals surface area contributed by atoms with Crippen molar-refractivity contribution in [1.82, 2.24) is 4.90 Å². The molecule has 1 fully saturated rings. The van der Waals surface area contributed by atoms with Gasteiger partial charge in [0.05, 0.1) is 18.2 Å². The summed E-state index contributed by atoms with van der Waals surface area (Å²) in [6.07, 6.45) is 1.29. The van der Waals surface area contributed by atoms with Gasteiger partial charge in [0.15, 0.2) is 0 Å².